The molecule has 7 heteroatoms. The number of hydrogen-bond donors (Lipinski definition) is 0. The van der Waals surface area contributed by atoms with Crippen molar-refractivity contribution >= 4 is 10.4 Å². The molecule has 0 fully saturated rings. The molecule has 80 valence electrons. The summed E-state index contributed by atoms with van der Waals surface area (Å²) in [6.45, 7) is 1.85. The van der Waals surface area contributed by atoms with Crippen molar-refractivity contribution in [3.05, 3.63) is 18.7 Å². The van der Waals surface area contributed by atoms with Gasteiger partial charge in [-0.2, -0.15) is 0 Å². The molecular weight excluding hydrogens is 208 g/mol. The number of hydrogen-bond acceptors (Lipinski definition) is 4. The molecule has 0 saturated carbocycles. The molecule has 0 bridgehead atoms. The first-order valence-electron chi connectivity index (χ1n) is 4.02. The Balaban J connectivity index is 2.53. The van der Waals surface area contributed by atoms with Crippen molar-refractivity contribution in [1.29, 1.82) is 0 Å². The Morgan fingerprint density at radius 3 is 2.71 bits per heavy atom. The van der Waals surface area contributed by atoms with E-state index >= 15 is 0 Å². The monoisotopic (exact) mass is 220 g/mol. The Bertz CT molecular complexity index is 398. The second-order valence-corrected chi connectivity index (χ2v) is 4.10. The van der Waals surface area contributed by atoms with E-state index in [0.29, 0.717) is 6.54 Å². The van der Waals surface area contributed by atoms with Gasteiger partial charge in [-0.1, -0.05) is 0 Å². The van der Waals surface area contributed by atoms with Crippen LogP contribution in [0.5, 0.6) is 0 Å². The summed E-state index contributed by atoms with van der Waals surface area (Å²) in [6, 6.07) is 0. The normalized spacial score (nSPS) is 14.2. The molecule has 1 heterocycles. The third-order valence-corrected chi connectivity index (χ3v) is 2.14. The van der Waals surface area contributed by atoms with E-state index in [1.54, 1.807) is 27.9 Å². The Morgan fingerprint density at radius 1 is 1.64 bits per heavy atom. The molecule has 1 aromatic rings. The Kier molecular flexibility index (Phi) is 3.25. The lowest BCUT2D eigenvalue weighted by atomic mass is 10.4. The average Bonchev–Trinajstić information content (AvgIpc) is 2.30. The molecule has 0 saturated heterocycles. The van der Waals surface area contributed by atoms with Gasteiger partial charge < -0.3 is 4.55 Å². The van der Waals surface area contributed by atoms with E-state index in [-0.39, 0.29) is 0 Å². The first-order valence-corrected chi connectivity index (χ1v) is 5.35. The summed E-state index contributed by atoms with van der Waals surface area (Å²) in [5, 5.41) is 0. The van der Waals surface area contributed by atoms with E-state index in [9.17, 15) is 13.0 Å². The quantitative estimate of drug-likeness (QED) is 0.377. The second-order valence-electron chi connectivity index (χ2n) is 3.09. The van der Waals surface area contributed by atoms with Crippen molar-refractivity contribution in [1.82, 2.24) is 4.57 Å². The smallest absolute Gasteiger partial charge is 0.243 e. The maximum Gasteiger partial charge on any atom is 0.243 e. The van der Waals surface area contributed by atoms with Gasteiger partial charge in [-0.05, 0) is 6.92 Å². The minimum atomic E-state index is -4.61. The van der Waals surface area contributed by atoms with Crippen LogP contribution < -0.4 is 4.57 Å². The zero-order valence-corrected chi connectivity index (χ0v) is 8.77. The van der Waals surface area contributed by atoms with E-state index in [1.807, 2.05) is 7.05 Å². The highest BCUT2D eigenvalue weighted by atomic mass is 32.3. The summed E-state index contributed by atoms with van der Waals surface area (Å²) in [5.41, 5.74) is 0. The van der Waals surface area contributed by atoms with Gasteiger partial charge in [-0.25, -0.2) is 17.6 Å². The molecule has 0 spiro atoms. The second kappa shape index (κ2) is 4.07. The lowest BCUT2D eigenvalue weighted by Crippen LogP contribution is -2.25. The number of imidazole rings is 1. The minimum absolute atomic E-state index is 0.322. The molecule has 0 aliphatic rings. The predicted octanol–water partition coefficient (Wildman–Crippen LogP) is -0.822. The highest BCUT2D eigenvalue weighted by Crippen LogP contribution is 1.99. The molecule has 0 N–H and O–H groups in total. The van der Waals surface area contributed by atoms with Crippen LogP contribution in [0, 0.1) is 0 Å². The first-order chi connectivity index (χ1) is 6.37. The summed E-state index contributed by atoms with van der Waals surface area (Å²) in [4.78, 5) is 0. The lowest BCUT2D eigenvalue weighted by molar-refractivity contribution is -0.671. The van der Waals surface area contributed by atoms with Gasteiger partial charge in [0, 0.05) is 0 Å². The molecule has 0 aliphatic carbocycles. The van der Waals surface area contributed by atoms with Crippen molar-refractivity contribution in [3.63, 3.8) is 0 Å². The third kappa shape index (κ3) is 3.86. The lowest BCUT2D eigenvalue weighted by Gasteiger charge is -2.12. The zero-order chi connectivity index (χ0) is 10.8. The van der Waals surface area contributed by atoms with E-state index in [2.05, 4.69) is 4.18 Å². The Hall–Kier alpha value is -0.920. The highest BCUT2D eigenvalue weighted by molar-refractivity contribution is 7.80. The fraction of sp³-hybridized carbons (Fsp3) is 0.571. The Morgan fingerprint density at radius 2 is 2.29 bits per heavy atom. The fourth-order valence-corrected chi connectivity index (χ4v) is 1.60. The van der Waals surface area contributed by atoms with Gasteiger partial charge >= 0.3 is 0 Å². The van der Waals surface area contributed by atoms with Crippen LogP contribution in [0.25, 0.3) is 0 Å². The summed E-state index contributed by atoms with van der Waals surface area (Å²) >= 11 is 0. The maximum atomic E-state index is 10.2. The van der Waals surface area contributed by atoms with Crippen LogP contribution in [0.4, 0.5) is 0 Å². The molecule has 0 aromatic carbocycles. The molecule has 14 heavy (non-hydrogen) atoms. The van der Waals surface area contributed by atoms with Crippen molar-refractivity contribution in [2.45, 2.75) is 19.6 Å². The molecule has 0 aliphatic heterocycles. The van der Waals surface area contributed by atoms with Crippen LogP contribution in [0.3, 0.4) is 0 Å². The molecular formula is C7H12N2O4S. The molecule has 0 amide bonds. The molecule has 1 atom stereocenters. The summed E-state index contributed by atoms with van der Waals surface area (Å²) < 4.78 is 38.5. The minimum Gasteiger partial charge on any atom is -0.726 e. The first kappa shape index (κ1) is 11.2. The largest absolute Gasteiger partial charge is 0.726 e. The van der Waals surface area contributed by atoms with E-state index in [1.165, 1.54) is 6.92 Å². The van der Waals surface area contributed by atoms with Crippen LogP contribution in [-0.2, 0) is 28.2 Å². The SMILES string of the molecule is C[C@@H](Cn1cc[n+](C)c1)OS(=O)(=O)[O-]. The van der Waals surface area contributed by atoms with Crippen LogP contribution in [0.1, 0.15) is 6.92 Å². The van der Waals surface area contributed by atoms with Crippen LogP contribution >= 0.6 is 0 Å². The molecule has 0 radical (unpaired) electrons. The summed E-state index contributed by atoms with van der Waals surface area (Å²) in [5.74, 6) is 0. The maximum absolute atomic E-state index is 10.2. The van der Waals surface area contributed by atoms with Gasteiger partial charge in [-0.3, -0.25) is 4.18 Å². The predicted molar refractivity (Wildman–Crippen MR) is 45.9 cm³/mol. The van der Waals surface area contributed by atoms with Crippen LogP contribution in [-0.4, -0.2) is 23.6 Å². The van der Waals surface area contributed by atoms with Crippen LogP contribution in [0.2, 0.25) is 0 Å². The van der Waals surface area contributed by atoms with Gasteiger partial charge in [0.15, 0.2) is 0 Å². The Labute approximate surface area is 82.7 Å². The van der Waals surface area contributed by atoms with Gasteiger partial charge in [0.25, 0.3) is 0 Å². The van der Waals surface area contributed by atoms with Crippen molar-refractivity contribution in [2.24, 2.45) is 7.05 Å². The van der Waals surface area contributed by atoms with E-state index < -0.39 is 16.5 Å². The van der Waals surface area contributed by atoms with Crippen LogP contribution in [0.15, 0.2) is 18.7 Å². The van der Waals surface area contributed by atoms with Gasteiger partial charge in [0.2, 0.25) is 16.7 Å². The van der Waals surface area contributed by atoms with Crippen molar-refractivity contribution in [2.75, 3.05) is 0 Å². The zero-order valence-electron chi connectivity index (χ0n) is 7.95. The van der Waals surface area contributed by atoms with Gasteiger partial charge in [-0.15, -0.1) is 0 Å². The molecule has 1 rings (SSSR count). The molecule has 6 nitrogen and oxygen atoms in total. The summed E-state index contributed by atoms with van der Waals surface area (Å²) in [6.07, 6.45) is 4.66. The number of rotatable bonds is 4. The molecule has 0 unspecified atom stereocenters. The number of nitrogens with zero attached hydrogens (tertiary/aromatic N) is 2. The van der Waals surface area contributed by atoms with Gasteiger partial charge in [0.05, 0.1) is 7.05 Å². The summed E-state index contributed by atoms with van der Waals surface area (Å²) in [7, 11) is -2.77. The number of aryl methyl sites for hydroxylation is 1. The topological polar surface area (TPSA) is 75.2 Å². The number of aromatic nitrogens is 2. The molecule has 1 aromatic heterocycles. The van der Waals surface area contributed by atoms with Gasteiger partial charge in [0.1, 0.15) is 25.0 Å². The van der Waals surface area contributed by atoms with Crippen molar-refractivity contribution in [3.8, 4) is 0 Å². The van der Waals surface area contributed by atoms with E-state index in [4.69, 9.17) is 0 Å². The third-order valence-electron chi connectivity index (χ3n) is 1.57. The highest BCUT2D eigenvalue weighted by Gasteiger charge is 2.10. The van der Waals surface area contributed by atoms with Crippen molar-refractivity contribution < 1.29 is 21.7 Å². The average molecular weight is 220 g/mol. The fourth-order valence-electron chi connectivity index (χ4n) is 1.14. The standard InChI is InChI=1S/C7H12N2O4S/c1-7(13-14(10,11)12)5-9-4-3-8(2)6-9/h3-4,6-7H,5H2,1-2H3/t7-/m0/s1. The van der Waals surface area contributed by atoms with E-state index in [0.717, 1.165) is 0 Å².